The SMILES string of the molecule is O=C(CN1C(=O)COc2ccc(-c3cscn3)cc21)Nc1nccs1. The van der Waals surface area contributed by atoms with E-state index in [1.54, 1.807) is 23.2 Å². The topological polar surface area (TPSA) is 84.4 Å². The number of aromatic nitrogens is 2. The number of amides is 2. The van der Waals surface area contributed by atoms with Crippen molar-refractivity contribution in [2.75, 3.05) is 23.4 Å². The van der Waals surface area contributed by atoms with Crippen LogP contribution in [0.5, 0.6) is 5.75 Å². The molecule has 2 amide bonds. The molecular formula is C16H12N4O3S2. The Morgan fingerprint density at radius 1 is 1.36 bits per heavy atom. The monoisotopic (exact) mass is 372 g/mol. The number of nitrogens with one attached hydrogen (secondary N) is 1. The van der Waals surface area contributed by atoms with Crippen LogP contribution in [-0.2, 0) is 9.59 Å². The van der Waals surface area contributed by atoms with E-state index in [9.17, 15) is 9.59 Å². The highest BCUT2D eigenvalue weighted by Gasteiger charge is 2.28. The molecule has 0 radical (unpaired) electrons. The molecule has 1 N–H and O–H groups in total. The van der Waals surface area contributed by atoms with E-state index in [2.05, 4.69) is 15.3 Å². The van der Waals surface area contributed by atoms with Crippen LogP contribution in [0.25, 0.3) is 11.3 Å². The predicted molar refractivity (Wildman–Crippen MR) is 96.1 cm³/mol. The summed E-state index contributed by atoms with van der Waals surface area (Å²) in [5.41, 5.74) is 3.99. The Morgan fingerprint density at radius 2 is 2.28 bits per heavy atom. The van der Waals surface area contributed by atoms with Gasteiger partial charge in [0.05, 0.1) is 16.9 Å². The molecule has 0 saturated carbocycles. The average Bonchev–Trinajstić information content (AvgIpc) is 3.31. The van der Waals surface area contributed by atoms with Crippen LogP contribution < -0.4 is 15.0 Å². The van der Waals surface area contributed by atoms with E-state index in [1.165, 1.54) is 27.6 Å². The van der Waals surface area contributed by atoms with Gasteiger partial charge in [-0.3, -0.25) is 14.5 Å². The van der Waals surface area contributed by atoms with Crippen molar-refractivity contribution in [2.45, 2.75) is 0 Å². The Morgan fingerprint density at radius 3 is 3.04 bits per heavy atom. The average molecular weight is 372 g/mol. The first-order chi connectivity index (χ1) is 12.2. The third-order valence-corrected chi connectivity index (χ3v) is 4.89. The molecule has 0 atom stereocenters. The third-order valence-electron chi connectivity index (χ3n) is 3.61. The van der Waals surface area contributed by atoms with Crippen molar-refractivity contribution >= 4 is 45.3 Å². The second-order valence-corrected chi connectivity index (χ2v) is 6.82. The molecule has 1 aromatic carbocycles. The van der Waals surface area contributed by atoms with Gasteiger partial charge >= 0.3 is 0 Å². The van der Waals surface area contributed by atoms with Gasteiger partial charge in [0.25, 0.3) is 5.91 Å². The molecule has 1 aliphatic rings. The maximum Gasteiger partial charge on any atom is 0.265 e. The molecule has 7 nitrogen and oxygen atoms in total. The lowest BCUT2D eigenvalue weighted by Crippen LogP contribution is -2.43. The molecule has 0 aliphatic carbocycles. The minimum Gasteiger partial charge on any atom is -0.482 e. The predicted octanol–water partition coefficient (Wildman–Crippen LogP) is 2.63. The zero-order valence-corrected chi connectivity index (χ0v) is 14.5. The number of nitrogens with zero attached hydrogens (tertiary/aromatic N) is 3. The Balaban J connectivity index is 1.61. The summed E-state index contributed by atoms with van der Waals surface area (Å²) >= 11 is 2.82. The van der Waals surface area contributed by atoms with Crippen molar-refractivity contribution in [1.29, 1.82) is 0 Å². The van der Waals surface area contributed by atoms with Gasteiger partial charge in [-0.05, 0) is 18.2 Å². The largest absolute Gasteiger partial charge is 0.482 e. The normalized spacial score (nSPS) is 13.3. The number of benzene rings is 1. The number of hydrogen-bond acceptors (Lipinski definition) is 7. The fraction of sp³-hybridized carbons (Fsp3) is 0.125. The van der Waals surface area contributed by atoms with Crippen molar-refractivity contribution in [3.63, 3.8) is 0 Å². The molecule has 0 fully saturated rings. The number of ether oxygens (including phenoxy) is 1. The van der Waals surface area contributed by atoms with Crippen molar-refractivity contribution in [3.8, 4) is 17.0 Å². The summed E-state index contributed by atoms with van der Waals surface area (Å²) < 4.78 is 5.47. The van der Waals surface area contributed by atoms with E-state index < -0.39 is 0 Å². The molecule has 0 unspecified atom stereocenters. The highest BCUT2D eigenvalue weighted by molar-refractivity contribution is 7.13. The number of rotatable bonds is 4. The van der Waals surface area contributed by atoms with Crippen LogP contribution in [0.15, 0.2) is 40.7 Å². The molecule has 3 heterocycles. The van der Waals surface area contributed by atoms with E-state index in [1.807, 2.05) is 17.5 Å². The zero-order chi connectivity index (χ0) is 17.2. The fourth-order valence-electron chi connectivity index (χ4n) is 2.48. The summed E-state index contributed by atoms with van der Waals surface area (Å²) in [6.45, 7) is -0.192. The first kappa shape index (κ1) is 15.7. The van der Waals surface area contributed by atoms with Crippen LogP contribution in [0.3, 0.4) is 0 Å². The molecule has 9 heteroatoms. The number of thiazole rings is 2. The first-order valence-corrected chi connectivity index (χ1v) is 9.18. The maximum atomic E-state index is 12.3. The number of carbonyl (C=O) groups is 2. The molecule has 0 saturated heterocycles. The molecule has 25 heavy (non-hydrogen) atoms. The highest BCUT2D eigenvalue weighted by Crippen LogP contribution is 2.35. The molecule has 0 bridgehead atoms. The quantitative estimate of drug-likeness (QED) is 0.761. The summed E-state index contributed by atoms with van der Waals surface area (Å²) in [6.07, 6.45) is 1.61. The molecular weight excluding hydrogens is 360 g/mol. The summed E-state index contributed by atoms with van der Waals surface area (Å²) in [6, 6.07) is 5.50. The first-order valence-electron chi connectivity index (χ1n) is 7.36. The van der Waals surface area contributed by atoms with Gasteiger partial charge in [-0.2, -0.15) is 0 Å². The Kier molecular flexibility index (Phi) is 4.16. The van der Waals surface area contributed by atoms with Crippen molar-refractivity contribution < 1.29 is 14.3 Å². The van der Waals surface area contributed by atoms with Crippen LogP contribution in [-0.4, -0.2) is 34.9 Å². The minimum atomic E-state index is -0.310. The summed E-state index contributed by atoms with van der Waals surface area (Å²) in [7, 11) is 0. The van der Waals surface area contributed by atoms with Crippen LogP contribution in [0.1, 0.15) is 0 Å². The lowest BCUT2D eigenvalue weighted by molar-refractivity contribution is -0.123. The van der Waals surface area contributed by atoms with Crippen molar-refractivity contribution in [3.05, 3.63) is 40.7 Å². The van der Waals surface area contributed by atoms with Gasteiger partial charge in [0.1, 0.15) is 12.3 Å². The smallest absolute Gasteiger partial charge is 0.265 e. The van der Waals surface area contributed by atoms with E-state index in [0.717, 1.165) is 11.3 Å². The van der Waals surface area contributed by atoms with E-state index >= 15 is 0 Å². The Bertz CT molecular complexity index is 910. The van der Waals surface area contributed by atoms with Gasteiger partial charge in [-0.1, -0.05) is 0 Å². The highest BCUT2D eigenvalue weighted by atomic mass is 32.1. The summed E-state index contributed by atoms with van der Waals surface area (Å²) in [4.78, 5) is 34.3. The maximum absolute atomic E-state index is 12.3. The number of fused-ring (bicyclic) bond motifs is 1. The van der Waals surface area contributed by atoms with E-state index in [-0.39, 0.29) is 25.0 Å². The minimum absolute atomic E-state index is 0.0897. The van der Waals surface area contributed by atoms with Gasteiger partial charge in [0.15, 0.2) is 11.7 Å². The second kappa shape index (κ2) is 6.61. The number of anilines is 2. The molecule has 2 aromatic heterocycles. The molecule has 0 spiro atoms. The van der Waals surface area contributed by atoms with Gasteiger partial charge in [-0.25, -0.2) is 9.97 Å². The van der Waals surface area contributed by atoms with Gasteiger partial charge in [-0.15, -0.1) is 22.7 Å². The summed E-state index contributed by atoms with van der Waals surface area (Å²) in [5, 5.41) is 6.88. The molecule has 4 rings (SSSR count). The van der Waals surface area contributed by atoms with Crippen LogP contribution in [0.4, 0.5) is 10.8 Å². The molecule has 1 aliphatic heterocycles. The lowest BCUT2D eigenvalue weighted by Gasteiger charge is -2.29. The zero-order valence-electron chi connectivity index (χ0n) is 12.8. The van der Waals surface area contributed by atoms with Crippen LogP contribution in [0, 0.1) is 0 Å². The van der Waals surface area contributed by atoms with Crippen LogP contribution in [0.2, 0.25) is 0 Å². The number of carbonyl (C=O) groups excluding carboxylic acids is 2. The van der Waals surface area contributed by atoms with E-state index in [4.69, 9.17) is 4.74 Å². The van der Waals surface area contributed by atoms with Gasteiger partial charge in [0, 0.05) is 22.5 Å². The lowest BCUT2D eigenvalue weighted by atomic mass is 10.1. The number of hydrogen-bond donors (Lipinski definition) is 1. The Hall–Kier alpha value is -2.78. The molecule has 126 valence electrons. The fourth-order valence-corrected chi connectivity index (χ4v) is 3.58. The molecule has 3 aromatic rings. The van der Waals surface area contributed by atoms with Crippen LogP contribution >= 0.6 is 22.7 Å². The van der Waals surface area contributed by atoms with Crippen molar-refractivity contribution in [1.82, 2.24) is 9.97 Å². The Labute approximate surface area is 150 Å². The van der Waals surface area contributed by atoms with Crippen molar-refractivity contribution in [2.24, 2.45) is 0 Å². The third kappa shape index (κ3) is 3.24. The van der Waals surface area contributed by atoms with E-state index in [0.29, 0.717) is 16.6 Å². The van der Waals surface area contributed by atoms with Gasteiger partial charge < -0.3 is 10.1 Å². The summed E-state index contributed by atoms with van der Waals surface area (Å²) in [5.74, 6) is -0.00643. The van der Waals surface area contributed by atoms with Gasteiger partial charge in [0.2, 0.25) is 5.91 Å². The second-order valence-electron chi connectivity index (χ2n) is 5.21. The standard InChI is InChI=1S/C16H12N4O3S2/c21-14(19-16-17-3-4-25-16)6-20-12-5-10(11-8-24-9-18-11)1-2-13(12)23-7-15(20)22/h1-5,8-9H,6-7H2,(H,17,19,21).